The molecule has 1 aromatic heterocycles. The van der Waals surface area contributed by atoms with Gasteiger partial charge in [-0.05, 0) is 19.4 Å². The molecule has 1 aromatic rings. The van der Waals surface area contributed by atoms with Crippen LogP contribution in [0.4, 0.5) is 0 Å². The van der Waals surface area contributed by atoms with E-state index < -0.39 is 24.0 Å². The Morgan fingerprint density at radius 3 is 2.55 bits per heavy atom. The van der Waals surface area contributed by atoms with Gasteiger partial charge in [-0.15, -0.1) is 0 Å². The summed E-state index contributed by atoms with van der Waals surface area (Å²) in [4.78, 5) is 37.7. The minimum atomic E-state index is -0.882. The number of nitrogens with one attached hydrogen (secondary N) is 1. The standard InChI is InChI=1S/C13H15NO6/c1-6-9(12(16)18-3)7(2)14-10(6)13(17)20-8-4-5-19-11(8)15/h8,14H,4-5H2,1-3H3. The summed E-state index contributed by atoms with van der Waals surface area (Å²) in [5.41, 5.74) is 1.39. The summed E-state index contributed by atoms with van der Waals surface area (Å²) >= 11 is 0. The van der Waals surface area contributed by atoms with Gasteiger partial charge in [-0.25, -0.2) is 14.4 Å². The first kappa shape index (κ1) is 14.1. The van der Waals surface area contributed by atoms with Crippen LogP contribution in [0.3, 0.4) is 0 Å². The predicted octanol–water partition coefficient (Wildman–Crippen LogP) is 0.890. The summed E-state index contributed by atoms with van der Waals surface area (Å²) in [5, 5.41) is 0. The van der Waals surface area contributed by atoms with Crippen LogP contribution in [-0.4, -0.2) is 42.7 Å². The lowest BCUT2D eigenvalue weighted by Gasteiger charge is -2.07. The minimum absolute atomic E-state index is 0.141. The molecule has 7 nitrogen and oxygen atoms in total. The Labute approximate surface area is 115 Å². The third kappa shape index (κ3) is 2.38. The first-order valence-electron chi connectivity index (χ1n) is 6.10. The summed E-state index contributed by atoms with van der Waals surface area (Å²) < 4.78 is 14.4. The highest BCUT2D eigenvalue weighted by Gasteiger charge is 2.32. The van der Waals surface area contributed by atoms with Crippen molar-refractivity contribution in [2.75, 3.05) is 13.7 Å². The molecule has 2 rings (SSSR count). The number of methoxy groups -OCH3 is 1. The van der Waals surface area contributed by atoms with Gasteiger partial charge in [-0.2, -0.15) is 0 Å². The molecular formula is C13H15NO6. The van der Waals surface area contributed by atoms with E-state index in [2.05, 4.69) is 9.72 Å². The molecule has 2 heterocycles. The van der Waals surface area contributed by atoms with Crippen molar-refractivity contribution in [3.8, 4) is 0 Å². The van der Waals surface area contributed by atoms with E-state index in [0.29, 0.717) is 23.2 Å². The van der Waals surface area contributed by atoms with E-state index in [4.69, 9.17) is 9.47 Å². The average molecular weight is 281 g/mol. The number of rotatable bonds is 3. The summed E-state index contributed by atoms with van der Waals surface area (Å²) in [6, 6.07) is 0. The van der Waals surface area contributed by atoms with Crippen LogP contribution in [0.25, 0.3) is 0 Å². The van der Waals surface area contributed by atoms with Crippen LogP contribution in [-0.2, 0) is 19.0 Å². The van der Waals surface area contributed by atoms with Crippen molar-refractivity contribution < 1.29 is 28.6 Å². The minimum Gasteiger partial charge on any atom is -0.465 e. The van der Waals surface area contributed by atoms with E-state index in [-0.39, 0.29) is 12.3 Å². The number of aromatic nitrogens is 1. The third-order valence-corrected chi connectivity index (χ3v) is 3.17. The van der Waals surface area contributed by atoms with Gasteiger partial charge >= 0.3 is 17.9 Å². The number of cyclic esters (lactones) is 1. The van der Waals surface area contributed by atoms with Gasteiger partial charge in [0.2, 0.25) is 6.10 Å². The zero-order chi connectivity index (χ0) is 14.9. The Kier molecular flexibility index (Phi) is 3.78. The molecule has 1 saturated heterocycles. The molecule has 1 unspecified atom stereocenters. The number of carbonyl (C=O) groups excluding carboxylic acids is 3. The average Bonchev–Trinajstić information content (AvgIpc) is 2.93. The van der Waals surface area contributed by atoms with Gasteiger partial charge in [0, 0.05) is 12.1 Å². The van der Waals surface area contributed by atoms with Gasteiger partial charge in [-0.3, -0.25) is 0 Å². The second-order valence-electron chi connectivity index (χ2n) is 4.47. The summed E-state index contributed by atoms with van der Waals surface area (Å²) in [7, 11) is 1.26. The molecule has 1 N–H and O–H groups in total. The number of aryl methyl sites for hydroxylation is 1. The van der Waals surface area contributed by atoms with Crippen LogP contribution < -0.4 is 0 Å². The molecule has 0 radical (unpaired) electrons. The monoisotopic (exact) mass is 281 g/mol. The van der Waals surface area contributed by atoms with Gasteiger partial charge in [0.15, 0.2) is 0 Å². The zero-order valence-electron chi connectivity index (χ0n) is 11.4. The Morgan fingerprint density at radius 2 is 2.00 bits per heavy atom. The number of esters is 3. The quantitative estimate of drug-likeness (QED) is 0.653. The van der Waals surface area contributed by atoms with Crippen LogP contribution in [0.15, 0.2) is 0 Å². The van der Waals surface area contributed by atoms with Crippen LogP contribution in [0.5, 0.6) is 0 Å². The Bertz CT molecular complexity index is 574. The number of hydrogen-bond donors (Lipinski definition) is 1. The highest BCUT2D eigenvalue weighted by Crippen LogP contribution is 2.21. The van der Waals surface area contributed by atoms with Crippen molar-refractivity contribution in [3.05, 3.63) is 22.5 Å². The molecule has 1 aliphatic heterocycles. The van der Waals surface area contributed by atoms with Gasteiger partial charge in [0.1, 0.15) is 5.69 Å². The Morgan fingerprint density at radius 1 is 1.30 bits per heavy atom. The van der Waals surface area contributed by atoms with Crippen molar-refractivity contribution >= 4 is 17.9 Å². The van der Waals surface area contributed by atoms with E-state index >= 15 is 0 Å². The largest absolute Gasteiger partial charge is 0.465 e. The van der Waals surface area contributed by atoms with Gasteiger partial charge < -0.3 is 19.2 Å². The van der Waals surface area contributed by atoms with E-state index in [1.54, 1.807) is 13.8 Å². The smallest absolute Gasteiger partial charge is 0.355 e. The van der Waals surface area contributed by atoms with Crippen molar-refractivity contribution in [2.24, 2.45) is 0 Å². The lowest BCUT2D eigenvalue weighted by atomic mass is 10.1. The molecule has 0 aliphatic carbocycles. The van der Waals surface area contributed by atoms with Gasteiger partial charge in [-0.1, -0.05) is 0 Å². The van der Waals surface area contributed by atoms with Crippen molar-refractivity contribution in [1.82, 2.24) is 4.98 Å². The first-order chi connectivity index (χ1) is 9.45. The van der Waals surface area contributed by atoms with Crippen molar-refractivity contribution in [1.29, 1.82) is 0 Å². The number of ether oxygens (including phenoxy) is 3. The molecule has 108 valence electrons. The lowest BCUT2D eigenvalue weighted by Crippen LogP contribution is -2.23. The first-order valence-corrected chi connectivity index (χ1v) is 6.10. The maximum Gasteiger partial charge on any atom is 0.355 e. The zero-order valence-corrected chi connectivity index (χ0v) is 11.4. The van der Waals surface area contributed by atoms with Gasteiger partial charge in [0.25, 0.3) is 0 Å². The lowest BCUT2D eigenvalue weighted by molar-refractivity contribution is -0.145. The molecule has 0 spiro atoms. The fourth-order valence-electron chi connectivity index (χ4n) is 2.13. The SMILES string of the molecule is COC(=O)c1c(C)[nH]c(C(=O)OC2CCOC2=O)c1C. The molecule has 0 aromatic carbocycles. The summed E-state index contributed by atoms with van der Waals surface area (Å²) in [6.07, 6.45) is -0.542. The van der Waals surface area contributed by atoms with Crippen LogP contribution in [0.2, 0.25) is 0 Å². The van der Waals surface area contributed by atoms with E-state index in [0.717, 1.165) is 0 Å². The normalized spacial score (nSPS) is 17.8. The number of aromatic amines is 1. The van der Waals surface area contributed by atoms with Crippen molar-refractivity contribution in [2.45, 2.75) is 26.4 Å². The maximum absolute atomic E-state index is 12.0. The van der Waals surface area contributed by atoms with E-state index in [1.165, 1.54) is 7.11 Å². The fourth-order valence-corrected chi connectivity index (χ4v) is 2.13. The van der Waals surface area contributed by atoms with Crippen LogP contribution in [0.1, 0.15) is 38.5 Å². The third-order valence-electron chi connectivity index (χ3n) is 3.17. The second-order valence-corrected chi connectivity index (χ2v) is 4.47. The maximum atomic E-state index is 12.0. The number of H-pyrrole nitrogens is 1. The Hall–Kier alpha value is -2.31. The summed E-state index contributed by atoms with van der Waals surface area (Å²) in [6.45, 7) is 3.51. The molecule has 0 bridgehead atoms. The molecular weight excluding hydrogens is 266 g/mol. The molecule has 1 aliphatic rings. The fraction of sp³-hybridized carbons (Fsp3) is 0.462. The molecule has 0 saturated carbocycles. The van der Waals surface area contributed by atoms with E-state index in [9.17, 15) is 14.4 Å². The second kappa shape index (κ2) is 5.36. The van der Waals surface area contributed by atoms with Crippen LogP contribution >= 0.6 is 0 Å². The van der Waals surface area contributed by atoms with Crippen molar-refractivity contribution in [3.63, 3.8) is 0 Å². The van der Waals surface area contributed by atoms with Gasteiger partial charge in [0.05, 0.1) is 19.3 Å². The molecule has 1 atom stereocenters. The highest BCUT2D eigenvalue weighted by atomic mass is 16.6. The highest BCUT2D eigenvalue weighted by molar-refractivity contribution is 5.99. The molecule has 0 amide bonds. The Balaban J connectivity index is 2.22. The van der Waals surface area contributed by atoms with Crippen LogP contribution in [0, 0.1) is 13.8 Å². The molecule has 20 heavy (non-hydrogen) atoms. The molecule has 7 heteroatoms. The predicted molar refractivity (Wildman–Crippen MR) is 66.4 cm³/mol. The summed E-state index contributed by atoms with van der Waals surface area (Å²) in [5.74, 6) is -1.77. The number of hydrogen-bond acceptors (Lipinski definition) is 6. The number of carbonyl (C=O) groups is 3. The molecule has 1 fully saturated rings. The van der Waals surface area contributed by atoms with E-state index in [1.807, 2.05) is 0 Å². The topological polar surface area (TPSA) is 94.7 Å².